The highest BCUT2D eigenvalue weighted by Gasteiger charge is 2.33. The van der Waals surface area contributed by atoms with Crippen LogP contribution in [0.15, 0.2) is 54.7 Å². The van der Waals surface area contributed by atoms with Gasteiger partial charge < -0.3 is 20.5 Å². The van der Waals surface area contributed by atoms with Crippen molar-refractivity contribution in [3.8, 4) is 5.75 Å². The summed E-state index contributed by atoms with van der Waals surface area (Å²) >= 11 is 0. The number of Topliss-reactive ketones (excluding diaryl/α,β-unsaturated/α-hetero) is 1. The predicted octanol–water partition coefficient (Wildman–Crippen LogP) is 2.99. The first kappa shape index (κ1) is 26.8. The highest BCUT2D eigenvalue weighted by atomic mass is 19.3. The first-order chi connectivity index (χ1) is 19.1. The van der Waals surface area contributed by atoms with Crippen molar-refractivity contribution in [1.82, 2.24) is 25.2 Å². The summed E-state index contributed by atoms with van der Waals surface area (Å²) in [7, 11) is 0. The van der Waals surface area contributed by atoms with E-state index in [1.54, 1.807) is 24.3 Å². The molecule has 2 aromatic heterocycles. The van der Waals surface area contributed by atoms with Crippen molar-refractivity contribution < 1.29 is 37.4 Å². The number of alkyl halides is 2. The van der Waals surface area contributed by atoms with Crippen LogP contribution in [0.3, 0.4) is 0 Å². The maximum atomic E-state index is 14.4. The van der Waals surface area contributed by atoms with Crippen LogP contribution >= 0.6 is 0 Å². The van der Waals surface area contributed by atoms with Crippen molar-refractivity contribution in [3.63, 3.8) is 0 Å². The molecule has 0 fully saturated rings. The Hall–Kier alpha value is -4.78. The minimum absolute atomic E-state index is 0.0882. The molecule has 0 bridgehead atoms. The van der Waals surface area contributed by atoms with Gasteiger partial charge in [-0.15, -0.1) is 0 Å². The number of nitrogens with zero attached hydrogens (tertiary/aromatic N) is 3. The molecule has 0 spiro atoms. The van der Waals surface area contributed by atoms with Gasteiger partial charge in [0.2, 0.25) is 0 Å². The van der Waals surface area contributed by atoms with E-state index in [4.69, 9.17) is 0 Å². The molecule has 40 heavy (non-hydrogen) atoms. The largest absolute Gasteiger partial charge is 0.435 e. The number of nitrogens with one attached hydrogen (secondary N) is 2. The topological polar surface area (TPSA) is 135 Å². The number of aromatic nitrogens is 3. The Bertz CT molecular complexity index is 1640. The molecular formula is C27H22F3N5O5. The van der Waals surface area contributed by atoms with Crippen molar-refractivity contribution in [3.05, 3.63) is 94.2 Å². The number of halogens is 3. The average molecular weight is 553 g/mol. The molecule has 13 heteroatoms. The Kier molecular flexibility index (Phi) is 7.22. The van der Waals surface area contributed by atoms with Crippen LogP contribution in [0.4, 0.5) is 13.2 Å². The van der Waals surface area contributed by atoms with E-state index in [1.165, 1.54) is 25.1 Å². The third kappa shape index (κ3) is 5.36. The molecule has 206 valence electrons. The molecule has 0 unspecified atom stereocenters. The normalized spacial score (nSPS) is 16.1. The Morgan fingerprint density at radius 1 is 1.15 bits per heavy atom. The van der Waals surface area contributed by atoms with Crippen LogP contribution in [0.25, 0.3) is 5.65 Å². The van der Waals surface area contributed by atoms with Gasteiger partial charge in [-0.05, 0) is 41.8 Å². The Morgan fingerprint density at radius 2 is 1.95 bits per heavy atom. The third-order valence-corrected chi connectivity index (χ3v) is 6.46. The number of ether oxygens (including phenoxy) is 1. The van der Waals surface area contributed by atoms with Gasteiger partial charge in [0, 0.05) is 24.6 Å². The summed E-state index contributed by atoms with van der Waals surface area (Å²) < 4.78 is 44.7. The fraction of sp³-hybridized carbons (Fsp3) is 0.222. The number of hydrogen-bond acceptors (Lipinski definition) is 7. The van der Waals surface area contributed by atoms with Crippen molar-refractivity contribution >= 4 is 23.2 Å². The Labute approximate surface area is 224 Å². The molecular weight excluding hydrogens is 531 g/mol. The number of benzene rings is 2. The van der Waals surface area contributed by atoms with Crippen LogP contribution in [0, 0.1) is 5.82 Å². The van der Waals surface area contributed by atoms with Gasteiger partial charge in [-0.2, -0.15) is 13.9 Å². The zero-order valence-corrected chi connectivity index (χ0v) is 20.9. The summed E-state index contributed by atoms with van der Waals surface area (Å²) in [6.45, 7) is -1.67. The molecule has 2 aromatic carbocycles. The van der Waals surface area contributed by atoms with E-state index in [0.29, 0.717) is 22.3 Å². The number of carbonyl (C=O) groups is 3. The lowest BCUT2D eigenvalue weighted by Gasteiger charge is -2.18. The number of aliphatic hydroxyl groups is 1. The summed E-state index contributed by atoms with van der Waals surface area (Å²) in [6, 6.07) is 10.9. The lowest BCUT2D eigenvalue weighted by Crippen LogP contribution is -2.35. The second kappa shape index (κ2) is 10.8. The van der Waals surface area contributed by atoms with Crippen molar-refractivity contribution in [2.45, 2.75) is 38.6 Å². The smallest absolute Gasteiger partial charge is 0.387 e. The molecule has 2 amide bonds. The molecule has 0 saturated carbocycles. The first-order valence-corrected chi connectivity index (χ1v) is 12.1. The summed E-state index contributed by atoms with van der Waals surface area (Å²) in [5.74, 6) is -2.61. The second-order valence-corrected chi connectivity index (χ2v) is 9.16. The van der Waals surface area contributed by atoms with E-state index in [-0.39, 0.29) is 41.5 Å². The van der Waals surface area contributed by atoms with Crippen LogP contribution < -0.4 is 15.4 Å². The SMILES string of the molecule is CC(=O)c1ccc2c(c1)C[C@@H](O)[C@@H]2NC(=O)c1cc(C(=O)NCc2cccc(OC(F)F)c2)nc2c(F)cnn12. The van der Waals surface area contributed by atoms with E-state index in [0.717, 1.165) is 16.8 Å². The monoisotopic (exact) mass is 553 g/mol. The fourth-order valence-electron chi connectivity index (χ4n) is 4.56. The fourth-order valence-corrected chi connectivity index (χ4v) is 4.56. The zero-order valence-electron chi connectivity index (χ0n) is 20.9. The molecule has 1 aliphatic rings. The van der Waals surface area contributed by atoms with Gasteiger partial charge in [0.15, 0.2) is 17.2 Å². The van der Waals surface area contributed by atoms with E-state index < -0.39 is 36.4 Å². The highest BCUT2D eigenvalue weighted by Crippen LogP contribution is 2.32. The standard InChI is InChI=1S/C27H22F3N5O5/c1-13(36)15-5-6-18-16(8-15)9-22(37)23(18)34-26(39)21-10-20(33-24-19(28)12-32-35(21)24)25(38)31-11-14-3-2-4-17(7-14)40-27(29)30/h2-8,10,12,22-23,27,37H,9,11H2,1H3,(H,31,38)(H,34,39)/t22-,23-/m1/s1. The first-order valence-electron chi connectivity index (χ1n) is 12.1. The van der Waals surface area contributed by atoms with Crippen molar-refractivity contribution in [1.29, 1.82) is 0 Å². The second-order valence-electron chi connectivity index (χ2n) is 9.16. The molecule has 0 saturated heterocycles. The van der Waals surface area contributed by atoms with E-state index in [2.05, 4.69) is 25.5 Å². The van der Waals surface area contributed by atoms with Gasteiger partial charge >= 0.3 is 6.61 Å². The quantitative estimate of drug-likeness (QED) is 0.286. The summed E-state index contributed by atoms with van der Waals surface area (Å²) in [4.78, 5) is 41.9. The van der Waals surface area contributed by atoms with Crippen molar-refractivity contribution in [2.75, 3.05) is 0 Å². The molecule has 0 aliphatic heterocycles. The Balaban J connectivity index is 1.38. The molecule has 10 nitrogen and oxygen atoms in total. The number of aliphatic hydroxyl groups excluding tert-OH is 1. The van der Waals surface area contributed by atoms with Gasteiger partial charge in [-0.25, -0.2) is 13.9 Å². The summed E-state index contributed by atoms with van der Waals surface area (Å²) in [5.41, 5.74) is 1.37. The number of amides is 2. The van der Waals surface area contributed by atoms with Gasteiger partial charge in [0.05, 0.1) is 18.3 Å². The molecule has 4 aromatic rings. The Morgan fingerprint density at radius 3 is 2.70 bits per heavy atom. The molecule has 2 heterocycles. The maximum absolute atomic E-state index is 14.4. The van der Waals surface area contributed by atoms with E-state index in [1.807, 2.05) is 0 Å². The van der Waals surface area contributed by atoms with Gasteiger partial charge in [-0.1, -0.05) is 24.3 Å². The molecule has 3 N–H and O–H groups in total. The number of carbonyl (C=O) groups excluding carboxylic acids is 3. The predicted molar refractivity (Wildman–Crippen MR) is 134 cm³/mol. The highest BCUT2D eigenvalue weighted by molar-refractivity contribution is 5.98. The summed E-state index contributed by atoms with van der Waals surface area (Å²) in [6.07, 6.45) is 0.0689. The zero-order chi connectivity index (χ0) is 28.6. The van der Waals surface area contributed by atoms with Gasteiger partial charge in [-0.3, -0.25) is 14.4 Å². The average Bonchev–Trinajstić information content (AvgIpc) is 3.44. The van der Waals surface area contributed by atoms with Crippen LogP contribution in [0.5, 0.6) is 5.75 Å². The van der Waals surface area contributed by atoms with Crippen LogP contribution in [-0.2, 0) is 13.0 Å². The minimum atomic E-state index is -3.01. The van der Waals surface area contributed by atoms with Crippen LogP contribution in [0.1, 0.15) is 61.0 Å². The lowest BCUT2D eigenvalue weighted by atomic mass is 10.0. The van der Waals surface area contributed by atoms with Crippen molar-refractivity contribution in [2.24, 2.45) is 0 Å². The number of fused-ring (bicyclic) bond motifs is 2. The number of rotatable bonds is 8. The van der Waals surface area contributed by atoms with Crippen LogP contribution in [0.2, 0.25) is 0 Å². The van der Waals surface area contributed by atoms with Gasteiger partial charge in [0.1, 0.15) is 17.1 Å². The molecule has 5 rings (SSSR count). The van der Waals surface area contributed by atoms with Crippen LogP contribution in [-0.4, -0.2) is 50.0 Å². The maximum Gasteiger partial charge on any atom is 0.387 e. The third-order valence-electron chi connectivity index (χ3n) is 6.46. The molecule has 0 radical (unpaired) electrons. The minimum Gasteiger partial charge on any atom is -0.435 e. The van der Waals surface area contributed by atoms with E-state index >= 15 is 0 Å². The van der Waals surface area contributed by atoms with E-state index in [9.17, 15) is 32.7 Å². The molecule has 2 atom stereocenters. The lowest BCUT2D eigenvalue weighted by molar-refractivity contribution is -0.0499. The molecule has 1 aliphatic carbocycles. The number of hydrogen-bond donors (Lipinski definition) is 3. The summed E-state index contributed by atoms with van der Waals surface area (Å²) in [5, 5.41) is 19.7. The van der Waals surface area contributed by atoms with Gasteiger partial charge in [0.25, 0.3) is 11.8 Å². The number of ketones is 1.